The van der Waals surface area contributed by atoms with E-state index in [1.165, 1.54) is 11.3 Å². The molecular weight excluding hydrogens is 564 g/mol. The summed E-state index contributed by atoms with van der Waals surface area (Å²) >= 11 is 1.26. The molecule has 0 spiro atoms. The van der Waals surface area contributed by atoms with Gasteiger partial charge in [-0.25, -0.2) is 9.78 Å². The van der Waals surface area contributed by atoms with Gasteiger partial charge in [-0.2, -0.15) is 0 Å². The number of aromatic nitrogens is 1. The number of piperidine rings is 1. The maximum atomic E-state index is 13.6. The van der Waals surface area contributed by atoms with Crippen molar-refractivity contribution in [1.82, 2.24) is 20.5 Å². The average Bonchev–Trinajstić information content (AvgIpc) is 3.38. The number of rotatable bonds is 9. The van der Waals surface area contributed by atoms with Crippen LogP contribution >= 0.6 is 11.3 Å². The van der Waals surface area contributed by atoms with Crippen molar-refractivity contribution in [3.05, 3.63) is 71.2 Å². The van der Waals surface area contributed by atoms with Crippen molar-refractivity contribution in [2.75, 3.05) is 36.9 Å². The van der Waals surface area contributed by atoms with Crippen LogP contribution < -0.4 is 25.6 Å². The summed E-state index contributed by atoms with van der Waals surface area (Å²) in [6.07, 6.45) is 4.55. The fourth-order valence-corrected chi connectivity index (χ4v) is 6.72. The van der Waals surface area contributed by atoms with Gasteiger partial charge in [0.2, 0.25) is 5.91 Å². The molecule has 1 atom stereocenters. The van der Waals surface area contributed by atoms with Crippen LogP contribution in [-0.4, -0.2) is 60.5 Å². The summed E-state index contributed by atoms with van der Waals surface area (Å²) in [6, 6.07) is 16.4. The molecule has 1 saturated heterocycles. The lowest BCUT2D eigenvalue weighted by molar-refractivity contribution is -0.132. The second-order valence-corrected chi connectivity index (χ2v) is 11.8. The molecule has 0 saturated carbocycles. The molecule has 4 heterocycles. The lowest BCUT2D eigenvalue weighted by atomic mass is 10.0. The van der Waals surface area contributed by atoms with E-state index in [1.807, 2.05) is 67.4 Å². The summed E-state index contributed by atoms with van der Waals surface area (Å²) in [6.45, 7) is 3.91. The zero-order chi connectivity index (χ0) is 29.9. The number of nitrogens with zero attached hydrogens (tertiary/aromatic N) is 3. The first-order valence-electron chi connectivity index (χ1n) is 14.5. The third kappa shape index (κ3) is 5.91. The van der Waals surface area contributed by atoms with E-state index in [1.54, 1.807) is 17.2 Å². The maximum absolute atomic E-state index is 13.6. The number of anilines is 3. The minimum absolute atomic E-state index is 0.113. The monoisotopic (exact) mass is 598 g/mol. The number of pyridine rings is 1. The van der Waals surface area contributed by atoms with Crippen LogP contribution in [0, 0.1) is 6.92 Å². The Kier molecular flexibility index (Phi) is 8.26. The number of benzene rings is 2. The average molecular weight is 599 g/mol. The van der Waals surface area contributed by atoms with Gasteiger partial charge in [-0.1, -0.05) is 18.2 Å². The van der Waals surface area contributed by atoms with Crippen LogP contribution in [0.1, 0.15) is 40.9 Å². The van der Waals surface area contributed by atoms with E-state index in [4.69, 9.17) is 4.74 Å². The van der Waals surface area contributed by atoms with Crippen molar-refractivity contribution < 1.29 is 19.1 Å². The Bertz CT molecular complexity index is 1670. The van der Waals surface area contributed by atoms with Crippen LogP contribution in [0.5, 0.6) is 11.5 Å². The summed E-state index contributed by atoms with van der Waals surface area (Å²) in [4.78, 5) is 48.9. The minimum atomic E-state index is -0.358. The van der Waals surface area contributed by atoms with Crippen LogP contribution in [0.3, 0.4) is 0 Å². The molecule has 0 unspecified atom stereocenters. The number of hydrogen-bond acceptors (Lipinski definition) is 7. The first kappa shape index (κ1) is 28.6. The molecule has 0 bridgehead atoms. The van der Waals surface area contributed by atoms with Crippen molar-refractivity contribution >= 4 is 56.5 Å². The second kappa shape index (κ2) is 12.4. The van der Waals surface area contributed by atoms with Gasteiger partial charge in [0.25, 0.3) is 5.91 Å². The van der Waals surface area contributed by atoms with E-state index in [-0.39, 0.29) is 23.9 Å². The smallest absolute Gasteiger partial charge is 0.331 e. The molecule has 2 aliphatic rings. The van der Waals surface area contributed by atoms with Crippen molar-refractivity contribution in [3.63, 3.8) is 0 Å². The van der Waals surface area contributed by atoms with E-state index in [0.29, 0.717) is 52.0 Å². The predicted molar refractivity (Wildman–Crippen MR) is 169 cm³/mol. The zero-order valence-electron chi connectivity index (χ0n) is 24.2. The molecule has 0 radical (unpaired) electrons. The number of urea groups is 1. The Morgan fingerprint density at radius 1 is 1.12 bits per heavy atom. The normalized spacial score (nSPS) is 16.2. The van der Waals surface area contributed by atoms with E-state index in [0.717, 1.165) is 42.5 Å². The second-order valence-electron chi connectivity index (χ2n) is 10.8. The molecular formula is C32H34N6O4S. The largest absolute Gasteiger partial charge is 0.457 e. The van der Waals surface area contributed by atoms with E-state index < -0.39 is 0 Å². The minimum Gasteiger partial charge on any atom is -0.457 e. The summed E-state index contributed by atoms with van der Waals surface area (Å²) in [5.41, 5.74) is 2.69. The van der Waals surface area contributed by atoms with Crippen LogP contribution in [-0.2, 0) is 4.79 Å². The Morgan fingerprint density at radius 3 is 2.74 bits per heavy atom. The van der Waals surface area contributed by atoms with E-state index in [9.17, 15) is 14.4 Å². The molecule has 0 aliphatic carbocycles. The molecule has 2 aliphatic heterocycles. The van der Waals surface area contributed by atoms with Gasteiger partial charge in [-0.05, 0) is 81.7 Å². The lowest BCUT2D eigenvalue weighted by Crippen LogP contribution is -2.49. The Hall–Kier alpha value is -4.48. The molecule has 3 N–H and O–H groups in total. The lowest BCUT2D eigenvalue weighted by Gasteiger charge is -2.33. The zero-order valence-corrected chi connectivity index (χ0v) is 25.0. The van der Waals surface area contributed by atoms with Gasteiger partial charge in [0.1, 0.15) is 21.2 Å². The van der Waals surface area contributed by atoms with Crippen LogP contribution in [0.2, 0.25) is 0 Å². The highest BCUT2D eigenvalue weighted by molar-refractivity contribution is 7.21. The molecule has 2 aromatic carbocycles. The summed E-state index contributed by atoms with van der Waals surface area (Å²) in [5.74, 6) is 1.24. The molecule has 10 nitrogen and oxygen atoms in total. The van der Waals surface area contributed by atoms with Gasteiger partial charge in [0, 0.05) is 31.7 Å². The predicted octanol–water partition coefficient (Wildman–Crippen LogP) is 5.80. The molecule has 11 heteroatoms. The fourth-order valence-electron chi connectivity index (χ4n) is 5.70. The molecule has 6 rings (SSSR count). The highest BCUT2D eigenvalue weighted by atomic mass is 32.1. The number of para-hydroxylation sites is 1. The number of aryl methyl sites for hydroxylation is 1. The molecule has 43 heavy (non-hydrogen) atoms. The first-order valence-corrected chi connectivity index (χ1v) is 15.3. The van der Waals surface area contributed by atoms with Gasteiger partial charge in [0.15, 0.2) is 0 Å². The first-order chi connectivity index (χ1) is 20.9. The summed E-state index contributed by atoms with van der Waals surface area (Å²) in [5, 5.41) is 9.89. The fraction of sp³-hybridized carbons (Fsp3) is 0.312. The van der Waals surface area contributed by atoms with E-state index in [2.05, 4.69) is 20.9 Å². The van der Waals surface area contributed by atoms with Crippen LogP contribution in [0.15, 0.2) is 60.8 Å². The number of amides is 4. The van der Waals surface area contributed by atoms with Gasteiger partial charge < -0.3 is 25.6 Å². The van der Waals surface area contributed by atoms with Gasteiger partial charge in [-0.15, -0.1) is 11.3 Å². The highest BCUT2D eigenvalue weighted by Crippen LogP contribution is 2.46. The van der Waals surface area contributed by atoms with Crippen LogP contribution in [0.25, 0.3) is 10.2 Å². The number of thiophene rings is 1. The third-order valence-electron chi connectivity index (χ3n) is 7.77. The number of carbonyl (C=O) groups is 3. The van der Waals surface area contributed by atoms with Crippen LogP contribution in [0.4, 0.5) is 21.9 Å². The van der Waals surface area contributed by atoms with Gasteiger partial charge in [-0.3, -0.25) is 14.5 Å². The van der Waals surface area contributed by atoms with E-state index >= 15 is 0 Å². The van der Waals surface area contributed by atoms with Gasteiger partial charge >= 0.3 is 6.03 Å². The number of nitrogens with one attached hydrogen (secondary N) is 3. The van der Waals surface area contributed by atoms with Crippen molar-refractivity contribution in [2.45, 2.75) is 38.6 Å². The number of carbonyl (C=O) groups excluding carboxylic acids is 3. The number of ether oxygens (including phenoxy) is 1. The molecule has 4 amide bonds. The van der Waals surface area contributed by atoms with Gasteiger partial charge in [0.05, 0.1) is 22.4 Å². The summed E-state index contributed by atoms with van der Waals surface area (Å²) in [7, 11) is 1.87. The summed E-state index contributed by atoms with van der Waals surface area (Å²) < 4.78 is 5.98. The topological polar surface area (TPSA) is 116 Å². The van der Waals surface area contributed by atoms with Crippen molar-refractivity contribution in [3.8, 4) is 11.5 Å². The highest BCUT2D eigenvalue weighted by Gasteiger charge is 2.34. The number of likely N-dealkylation sites (tertiary alicyclic amines) is 1. The Labute approximate surface area is 254 Å². The maximum Gasteiger partial charge on any atom is 0.331 e. The molecule has 2 aromatic heterocycles. The molecule has 1 fully saturated rings. The quantitative estimate of drug-likeness (QED) is 0.210. The third-order valence-corrected chi connectivity index (χ3v) is 8.86. The van der Waals surface area contributed by atoms with Crippen molar-refractivity contribution in [1.29, 1.82) is 0 Å². The molecule has 4 aromatic rings. The molecule has 222 valence electrons. The Balaban J connectivity index is 1.23. The number of hydrogen-bond donors (Lipinski definition) is 3. The van der Waals surface area contributed by atoms with Crippen molar-refractivity contribution in [2.24, 2.45) is 0 Å². The Morgan fingerprint density at radius 2 is 1.95 bits per heavy atom. The SMILES string of the molecule is CNCCCC(=O)N1CCC[C@@H](NC(=O)c2sc3nccc4c3c2NC(=O)N4c2ccc(Oc3ccccc3)cc2C)C1. The standard InChI is InChI=1S/C32H34N6O4S/c1-20-18-23(42-22-9-4-3-5-10-22)12-13-24(20)38-25-14-16-34-31-27(25)28(36-32(38)41)29(43-31)30(40)35-21-8-7-17-37(19-21)26(39)11-6-15-33-2/h3-5,9-10,12-14,16,18,21,33H,6-8,11,15,17,19H2,1-2H3,(H,35,40)(H,36,41)/t21-/m1/s1.